The molecule has 180 valence electrons. The molecule has 1 fully saturated rings. The largest absolute Gasteiger partial charge is 0.490 e. The summed E-state index contributed by atoms with van der Waals surface area (Å²) < 4.78 is 51.4. The van der Waals surface area contributed by atoms with E-state index >= 15 is 0 Å². The van der Waals surface area contributed by atoms with Crippen LogP contribution in [0.1, 0.15) is 13.2 Å². The Labute approximate surface area is 183 Å². The first kappa shape index (κ1) is 27.0. The maximum atomic E-state index is 12.1. The number of nitrogens with zero attached hydrogens (tertiary/aromatic N) is 3. The lowest BCUT2D eigenvalue weighted by Crippen LogP contribution is -2.44. The first-order valence-corrected chi connectivity index (χ1v) is 12.9. The highest BCUT2D eigenvalue weighted by atomic mass is 35.5. The number of nitrogen functional groups attached to an aromatic ring is 1. The predicted molar refractivity (Wildman–Crippen MR) is 102 cm³/mol. The number of aliphatic hydroxyl groups is 1. The topological polar surface area (TPSA) is 263 Å². The van der Waals surface area contributed by atoms with Crippen molar-refractivity contribution in [2.75, 3.05) is 12.3 Å². The summed E-state index contributed by atoms with van der Waals surface area (Å²) in [7, 11) is -16.8. The summed E-state index contributed by atoms with van der Waals surface area (Å²) in [5.41, 5.74) is 4.33. The second-order valence-corrected chi connectivity index (χ2v) is 11.0. The van der Waals surface area contributed by atoms with E-state index in [-0.39, 0.29) is 5.82 Å². The lowest BCUT2D eigenvalue weighted by atomic mass is 9.99. The van der Waals surface area contributed by atoms with E-state index < -0.39 is 59.1 Å². The van der Waals surface area contributed by atoms with E-state index in [0.717, 1.165) is 6.20 Å². The van der Waals surface area contributed by atoms with Gasteiger partial charge in [0.1, 0.15) is 18.0 Å². The van der Waals surface area contributed by atoms with E-state index in [1.165, 1.54) is 6.92 Å². The molecule has 1 aromatic heterocycles. The zero-order valence-corrected chi connectivity index (χ0v) is 19.1. The van der Waals surface area contributed by atoms with Gasteiger partial charge in [-0.25, -0.2) is 18.5 Å². The number of anilines is 1. The maximum absolute atomic E-state index is 12.1. The molecule has 0 aliphatic carbocycles. The molecule has 1 aromatic rings. The van der Waals surface area contributed by atoms with Crippen LogP contribution in [0.25, 0.3) is 0 Å². The molecule has 21 heteroatoms. The van der Waals surface area contributed by atoms with E-state index in [0.29, 0.717) is 4.68 Å². The number of phosphoric acid groups is 3. The number of hydrogen-bond acceptors (Lipinski definition) is 12. The Morgan fingerprint density at radius 3 is 2.44 bits per heavy atom. The minimum absolute atomic E-state index is 0.226. The van der Waals surface area contributed by atoms with Crippen LogP contribution in [0.15, 0.2) is 11.0 Å². The highest BCUT2D eigenvalue weighted by molar-refractivity contribution is 7.66. The molecule has 1 saturated heterocycles. The normalized spacial score (nSPS) is 29.5. The second kappa shape index (κ2) is 9.57. The van der Waals surface area contributed by atoms with Gasteiger partial charge in [0, 0.05) is 0 Å². The van der Waals surface area contributed by atoms with E-state index in [9.17, 15) is 28.5 Å². The molecule has 17 nitrogen and oxygen atoms in total. The van der Waals surface area contributed by atoms with E-state index in [1.54, 1.807) is 0 Å². The Hall–Kier alpha value is -1.21. The molecule has 7 N–H and O–H groups in total. The van der Waals surface area contributed by atoms with Gasteiger partial charge in [-0.3, -0.25) is 4.52 Å². The molecule has 6 atom stereocenters. The summed E-state index contributed by atoms with van der Waals surface area (Å²) >= 11 is 6.34. The smallest absolute Gasteiger partial charge is 0.387 e. The molecule has 32 heavy (non-hydrogen) atoms. The number of halogens is 1. The number of alkyl halides is 1. The molecule has 1 aliphatic heterocycles. The third-order valence-electron chi connectivity index (χ3n) is 3.54. The summed E-state index contributed by atoms with van der Waals surface area (Å²) in [4.78, 5) is 49.2. The van der Waals surface area contributed by atoms with Crippen molar-refractivity contribution >= 4 is 40.9 Å². The lowest BCUT2D eigenvalue weighted by molar-refractivity contribution is -0.0503. The Morgan fingerprint density at radius 1 is 1.28 bits per heavy atom. The highest BCUT2D eigenvalue weighted by Gasteiger charge is 2.57. The zero-order chi connectivity index (χ0) is 24.5. The molecule has 0 aromatic carbocycles. The average molecular weight is 541 g/mol. The van der Waals surface area contributed by atoms with Crippen LogP contribution in [0.2, 0.25) is 0 Å². The fourth-order valence-corrected chi connectivity index (χ4v) is 5.85. The van der Waals surface area contributed by atoms with Crippen LogP contribution in [0.3, 0.4) is 0 Å². The zero-order valence-electron chi connectivity index (χ0n) is 15.7. The van der Waals surface area contributed by atoms with Gasteiger partial charge in [0.25, 0.3) is 0 Å². The molecule has 0 radical (unpaired) electrons. The Balaban J connectivity index is 2.23. The van der Waals surface area contributed by atoms with Gasteiger partial charge in [-0.15, -0.1) is 5.92 Å². The van der Waals surface area contributed by atoms with Crippen molar-refractivity contribution in [3.05, 3.63) is 16.7 Å². The van der Waals surface area contributed by atoms with Crippen LogP contribution in [0, 0.1) is 11.8 Å². The number of hydrogen-bond donors (Lipinski definition) is 6. The Kier molecular flexibility index (Phi) is 8.09. The number of aromatic nitrogens is 3. The van der Waals surface area contributed by atoms with Crippen molar-refractivity contribution in [1.82, 2.24) is 14.8 Å². The van der Waals surface area contributed by atoms with Crippen LogP contribution < -0.4 is 11.4 Å². The van der Waals surface area contributed by atoms with Crippen LogP contribution in [0.4, 0.5) is 5.82 Å². The molecule has 3 unspecified atom stereocenters. The minimum atomic E-state index is -5.75. The third kappa shape index (κ3) is 6.66. The third-order valence-corrected chi connectivity index (χ3v) is 7.84. The molecule has 0 saturated carbocycles. The molecular formula is C11H16ClN4O13P3. The summed E-state index contributed by atoms with van der Waals surface area (Å²) in [5, 5.41) is 14.2. The predicted octanol–water partition coefficient (Wildman–Crippen LogP) is -1.18. The fourth-order valence-electron chi connectivity index (χ4n) is 2.44. The molecule has 2 rings (SSSR count). The first-order chi connectivity index (χ1) is 14.5. The van der Waals surface area contributed by atoms with Gasteiger partial charge in [-0.1, -0.05) is 17.5 Å². The van der Waals surface area contributed by atoms with Gasteiger partial charge in [-0.05, 0) is 6.92 Å². The molecule has 0 amide bonds. The Morgan fingerprint density at radius 2 is 1.91 bits per heavy atom. The van der Waals surface area contributed by atoms with Crippen molar-refractivity contribution in [1.29, 1.82) is 0 Å². The highest BCUT2D eigenvalue weighted by Crippen LogP contribution is 2.66. The molecule has 0 bridgehead atoms. The van der Waals surface area contributed by atoms with Gasteiger partial charge >= 0.3 is 29.2 Å². The maximum Gasteiger partial charge on any atom is 0.490 e. The van der Waals surface area contributed by atoms with E-state index in [2.05, 4.69) is 35.1 Å². The van der Waals surface area contributed by atoms with E-state index in [4.69, 9.17) is 36.8 Å². The molecule has 0 spiro atoms. The second-order valence-electron chi connectivity index (χ2n) is 5.91. The van der Waals surface area contributed by atoms with Crippen LogP contribution in [-0.4, -0.2) is 63.1 Å². The van der Waals surface area contributed by atoms with Crippen molar-refractivity contribution in [3.63, 3.8) is 0 Å². The number of nitrogens with two attached hydrogens (primary N) is 1. The number of ether oxygens (including phenoxy) is 1. The first-order valence-electron chi connectivity index (χ1n) is 7.96. The quantitative estimate of drug-likeness (QED) is 0.129. The molecule has 1 aliphatic rings. The number of aliphatic hydroxyl groups excluding tert-OH is 1. The van der Waals surface area contributed by atoms with Gasteiger partial charge in [0.15, 0.2) is 11.1 Å². The Bertz CT molecular complexity index is 1130. The molecule has 2 heterocycles. The number of phosphoric ester groups is 1. The lowest BCUT2D eigenvalue weighted by Gasteiger charge is -2.24. The van der Waals surface area contributed by atoms with Gasteiger partial charge in [0.05, 0.1) is 12.8 Å². The summed E-state index contributed by atoms with van der Waals surface area (Å²) in [6, 6.07) is 0. The van der Waals surface area contributed by atoms with Crippen molar-refractivity contribution in [2.45, 2.75) is 30.2 Å². The van der Waals surface area contributed by atoms with Crippen molar-refractivity contribution < 1.29 is 56.3 Å². The molecular weight excluding hydrogens is 525 g/mol. The SMILES string of the molecule is CC#CC1(Cl)[C@@H](O)[C@@H](COP(=O)(O)OP(=O)(O)OP(=O)(O)O)O[C@H]1n1ncc(N)nc1=O. The summed E-state index contributed by atoms with van der Waals surface area (Å²) in [6.07, 6.45) is -4.00. The van der Waals surface area contributed by atoms with Crippen LogP contribution >= 0.6 is 35.1 Å². The monoisotopic (exact) mass is 540 g/mol. The average Bonchev–Trinajstić information content (AvgIpc) is 2.82. The van der Waals surface area contributed by atoms with Crippen LogP contribution in [0.5, 0.6) is 0 Å². The minimum Gasteiger partial charge on any atom is -0.387 e. The summed E-state index contributed by atoms with van der Waals surface area (Å²) in [5.74, 6) is 4.61. The van der Waals surface area contributed by atoms with Crippen LogP contribution in [-0.2, 0) is 31.6 Å². The summed E-state index contributed by atoms with van der Waals surface area (Å²) in [6.45, 7) is 0.309. The fraction of sp³-hybridized carbons (Fsp3) is 0.545. The van der Waals surface area contributed by atoms with E-state index in [1.807, 2.05) is 0 Å². The van der Waals surface area contributed by atoms with Crippen molar-refractivity contribution in [2.24, 2.45) is 0 Å². The van der Waals surface area contributed by atoms with Gasteiger partial charge in [0.2, 0.25) is 0 Å². The van der Waals surface area contributed by atoms with Crippen molar-refractivity contribution in [3.8, 4) is 11.8 Å². The number of rotatable bonds is 8. The van der Waals surface area contributed by atoms with Gasteiger partial charge in [-0.2, -0.15) is 23.4 Å². The standard InChI is InChI=1S/C11H16ClN4O13P3/c1-2-3-11(12)8(17)6(27-9(11)16-10(18)15-7(13)4-14-16)5-26-31(22,23)29-32(24,25)28-30(19,20)21/h4,6,8-9,17H,5H2,1H3,(H,22,23)(H,24,25)(H2,13,15,18)(H2,19,20,21)/t6-,8+,9-,11?/m1/s1. The van der Waals surface area contributed by atoms with Gasteiger partial charge < -0.3 is 35.2 Å².